The predicted molar refractivity (Wildman–Crippen MR) is 99.7 cm³/mol. The SMILES string of the molecule is N#Cc1cccc(OCc2ccoc2C(=O)OCC2CCN(CC(F)(F)F)CC2)c1. The van der Waals surface area contributed by atoms with Crippen LogP contribution in [0.2, 0.25) is 0 Å². The van der Waals surface area contributed by atoms with Gasteiger partial charge in [0.05, 0.1) is 31.0 Å². The van der Waals surface area contributed by atoms with Gasteiger partial charge < -0.3 is 13.9 Å². The van der Waals surface area contributed by atoms with Crippen LogP contribution in [-0.2, 0) is 11.3 Å². The highest BCUT2D eigenvalue weighted by Crippen LogP contribution is 2.23. The Morgan fingerprint density at radius 3 is 2.73 bits per heavy atom. The van der Waals surface area contributed by atoms with Crippen LogP contribution in [0, 0.1) is 17.2 Å². The highest BCUT2D eigenvalue weighted by molar-refractivity contribution is 5.87. The Kier molecular flexibility index (Phi) is 7.00. The van der Waals surface area contributed by atoms with Crippen molar-refractivity contribution in [1.29, 1.82) is 5.26 Å². The number of nitriles is 1. The summed E-state index contributed by atoms with van der Waals surface area (Å²) in [6, 6.07) is 10.2. The lowest BCUT2D eigenvalue weighted by Gasteiger charge is -2.31. The molecule has 0 spiro atoms. The first kappa shape index (κ1) is 21.7. The van der Waals surface area contributed by atoms with E-state index in [0.29, 0.717) is 42.8 Å². The number of nitrogens with zero attached hydrogens (tertiary/aromatic N) is 2. The van der Waals surface area contributed by atoms with E-state index in [1.165, 1.54) is 11.2 Å². The van der Waals surface area contributed by atoms with Gasteiger partial charge in [0.2, 0.25) is 5.76 Å². The quantitative estimate of drug-likeness (QED) is 0.624. The summed E-state index contributed by atoms with van der Waals surface area (Å²) >= 11 is 0. The third kappa shape index (κ3) is 6.26. The standard InChI is InChI=1S/C21H21F3N2O4/c22-21(23,24)14-26-7-4-15(5-8-26)12-30-20(27)19-17(6-9-28-19)13-29-18-3-1-2-16(10-18)11-25/h1-3,6,9-10,15H,4-5,7-8,12-14H2. The van der Waals surface area contributed by atoms with Gasteiger partial charge in [-0.05, 0) is 56.1 Å². The molecule has 0 saturated carbocycles. The molecule has 0 atom stereocenters. The van der Waals surface area contributed by atoms with E-state index in [9.17, 15) is 18.0 Å². The van der Waals surface area contributed by atoms with Crippen LogP contribution in [0.4, 0.5) is 13.2 Å². The van der Waals surface area contributed by atoms with Gasteiger partial charge in [0.25, 0.3) is 0 Å². The molecule has 160 valence electrons. The monoisotopic (exact) mass is 422 g/mol. The minimum absolute atomic E-state index is 0.0156. The van der Waals surface area contributed by atoms with Crippen molar-refractivity contribution in [3.8, 4) is 11.8 Å². The van der Waals surface area contributed by atoms with Gasteiger partial charge in [0, 0.05) is 5.56 Å². The molecule has 1 aromatic heterocycles. The van der Waals surface area contributed by atoms with Crippen LogP contribution in [-0.4, -0.2) is 43.3 Å². The fourth-order valence-corrected chi connectivity index (χ4v) is 3.27. The zero-order chi connectivity index (χ0) is 21.6. The fourth-order valence-electron chi connectivity index (χ4n) is 3.27. The lowest BCUT2D eigenvalue weighted by atomic mass is 9.98. The number of ether oxygens (including phenoxy) is 2. The first-order valence-corrected chi connectivity index (χ1v) is 9.49. The van der Waals surface area contributed by atoms with Crippen LogP contribution in [0.3, 0.4) is 0 Å². The number of alkyl halides is 3. The molecule has 1 aromatic carbocycles. The Bertz CT molecular complexity index is 896. The van der Waals surface area contributed by atoms with E-state index in [1.54, 1.807) is 30.3 Å². The van der Waals surface area contributed by atoms with E-state index < -0.39 is 18.7 Å². The molecule has 9 heteroatoms. The van der Waals surface area contributed by atoms with Gasteiger partial charge in [-0.25, -0.2) is 4.79 Å². The van der Waals surface area contributed by atoms with Gasteiger partial charge in [0.15, 0.2) is 0 Å². The Morgan fingerprint density at radius 1 is 1.27 bits per heavy atom. The van der Waals surface area contributed by atoms with Crippen molar-refractivity contribution in [3.63, 3.8) is 0 Å². The van der Waals surface area contributed by atoms with Gasteiger partial charge >= 0.3 is 12.1 Å². The molecule has 1 saturated heterocycles. The molecule has 6 nitrogen and oxygen atoms in total. The summed E-state index contributed by atoms with van der Waals surface area (Å²) < 4.78 is 53.5. The Labute approximate surface area is 171 Å². The largest absolute Gasteiger partial charge is 0.489 e. The molecule has 0 N–H and O–H groups in total. The van der Waals surface area contributed by atoms with Gasteiger partial charge in [-0.15, -0.1) is 0 Å². The van der Waals surface area contributed by atoms with Crippen molar-refractivity contribution >= 4 is 5.97 Å². The van der Waals surface area contributed by atoms with Crippen LogP contribution in [0.15, 0.2) is 41.0 Å². The molecule has 3 rings (SSSR count). The van der Waals surface area contributed by atoms with E-state index in [0.717, 1.165) is 0 Å². The molecule has 0 unspecified atom stereocenters. The fraction of sp³-hybridized carbons (Fsp3) is 0.429. The van der Waals surface area contributed by atoms with Crippen molar-refractivity contribution in [2.75, 3.05) is 26.2 Å². The van der Waals surface area contributed by atoms with Gasteiger partial charge in [-0.1, -0.05) is 6.07 Å². The highest BCUT2D eigenvalue weighted by Gasteiger charge is 2.32. The lowest BCUT2D eigenvalue weighted by Crippen LogP contribution is -2.40. The number of hydrogen-bond donors (Lipinski definition) is 0. The maximum atomic E-state index is 12.4. The summed E-state index contributed by atoms with van der Waals surface area (Å²) in [6.07, 6.45) is -1.77. The van der Waals surface area contributed by atoms with Crippen molar-refractivity contribution < 1.29 is 31.9 Å². The molecule has 1 aliphatic rings. The predicted octanol–water partition coefficient (Wildman–Crippen LogP) is 4.16. The third-order valence-electron chi connectivity index (χ3n) is 4.85. The molecule has 1 aliphatic heterocycles. The molecular weight excluding hydrogens is 401 g/mol. The molecule has 1 fully saturated rings. The molecule has 0 aliphatic carbocycles. The zero-order valence-corrected chi connectivity index (χ0v) is 16.2. The van der Waals surface area contributed by atoms with Crippen LogP contribution in [0.25, 0.3) is 0 Å². The molecule has 2 aromatic rings. The highest BCUT2D eigenvalue weighted by atomic mass is 19.4. The minimum atomic E-state index is -4.20. The Balaban J connectivity index is 1.47. The van der Waals surface area contributed by atoms with E-state index in [1.807, 2.05) is 6.07 Å². The number of furan rings is 1. The van der Waals surface area contributed by atoms with Crippen LogP contribution in [0.1, 0.15) is 34.5 Å². The maximum Gasteiger partial charge on any atom is 0.401 e. The summed E-state index contributed by atoms with van der Waals surface area (Å²) in [6.45, 7) is -0.0747. The van der Waals surface area contributed by atoms with Crippen LogP contribution >= 0.6 is 0 Å². The van der Waals surface area contributed by atoms with Gasteiger partial charge in [-0.3, -0.25) is 4.90 Å². The van der Waals surface area contributed by atoms with E-state index in [2.05, 4.69) is 0 Å². The summed E-state index contributed by atoms with van der Waals surface area (Å²) in [4.78, 5) is 13.7. The second-order valence-corrected chi connectivity index (χ2v) is 7.14. The number of benzene rings is 1. The van der Waals surface area contributed by atoms with Gasteiger partial charge in [0.1, 0.15) is 12.4 Å². The third-order valence-corrected chi connectivity index (χ3v) is 4.85. The molecule has 0 radical (unpaired) electrons. The summed E-state index contributed by atoms with van der Waals surface area (Å²) in [5, 5.41) is 8.93. The average Bonchev–Trinajstić information content (AvgIpc) is 3.19. The number of rotatable bonds is 7. The van der Waals surface area contributed by atoms with Crippen LogP contribution in [0.5, 0.6) is 5.75 Å². The Hall–Kier alpha value is -2.99. The number of hydrogen-bond acceptors (Lipinski definition) is 6. The topological polar surface area (TPSA) is 75.7 Å². The second-order valence-electron chi connectivity index (χ2n) is 7.14. The summed E-state index contributed by atoms with van der Waals surface area (Å²) in [5.74, 6) is -0.106. The van der Waals surface area contributed by atoms with E-state index in [4.69, 9.17) is 19.2 Å². The number of carbonyl (C=O) groups is 1. The summed E-state index contributed by atoms with van der Waals surface area (Å²) in [5.41, 5.74) is 0.961. The van der Waals surface area contributed by atoms with Crippen LogP contribution < -0.4 is 4.74 Å². The number of carbonyl (C=O) groups excluding carboxylic acids is 1. The molecule has 0 amide bonds. The lowest BCUT2D eigenvalue weighted by molar-refractivity contribution is -0.148. The summed E-state index contributed by atoms with van der Waals surface area (Å²) in [7, 11) is 0. The number of halogens is 3. The maximum absolute atomic E-state index is 12.4. The second kappa shape index (κ2) is 9.67. The number of esters is 1. The normalized spacial score (nSPS) is 15.5. The number of likely N-dealkylation sites (tertiary alicyclic amines) is 1. The average molecular weight is 422 g/mol. The van der Waals surface area contributed by atoms with E-state index in [-0.39, 0.29) is 24.9 Å². The zero-order valence-electron chi connectivity index (χ0n) is 16.2. The van der Waals surface area contributed by atoms with Crippen molar-refractivity contribution in [2.24, 2.45) is 5.92 Å². The first-order valence-electron chi connectivity index (χ1n) is 9.49. The molecule has 30 heavy (non-hydrogen) atoms. The Morgan fingerprint density at radius 2 is 2.03 bits per heavy atom. The molecule has 0 bridgehead atoms. The van der Waals surface area contributed by atoms with Crippen molar-refractivity contribution in [1.82, 2.24) is 4.90 Å². The smallest absolute Gasteiger partial charge is 0.401 e. The minimum Gasteiger partial charge on any atom is -0.489 e. The van der Waals surface area contributed by atoms with Gasteiger partial charge in [-0.2, -0.15) is 18.4 Å². The first-order chi connectivity index (χ1) is 14.3. The van der Waals surface area contributed by atoms with E-state index >= 15 is 0 Å². The number of piperidine rings is 1. The molecular formula is C21H21F3N2O4. The van der Waals surface area contributed by atoms with Crippen molar-refractivity contribution in [3.05, 3.63) is 53.5 Å². The van der Waals surface area contributed by atoms with Crippen molar-refractivity contribution in [2.45, 2.75) is 25.6 Å². The molecule has 2 heterocycles.